The van der Waals surface area contributed by atoms with Crippen molar-refractivity contribution in [3.05, 3.63) is 40.4 Å². The summed E-state index contributed by atoms with van der Waals surface area (Å²) in [5, 5.41) is 16.4. The van der Waals surface area contributed by atoms with Gasteiger partial charge in [-0.25, -0.2) is 13.0 Å². The molecule has 0 saturated heterocycles. The summed E-state index contributed by atoms with van der Waals surface area (Å²) >= 11 is 11.5. The van der Waals surface area contributed by atoms with Crippen LogP contribution in [0.1, 0.15) is 0 Å². The van der Waals surface area contributed by atoms with Crippen LogP contribution < -0.4 is 4.72 Å². The quantitative estimate of drug-likeness (QED) is 0.744. The van der Waals surface area contributed by atoms with E-state index in [-0.39, 0.29) is 31.9 Å². The number of sulfonamides is 1. The summed E-state index contributed by atoms with van der Waals surface area (Å²) in [6, 6.07) is 6.91. The highest BCUT2D eigenvalue weighted by Gasteiger charge is 2.20. The van der Waals surface area contributed by atoms with E-state index >= 15 is 0 Å². The number of aromatic hydroxyl groups is 1. The maximum Gasteiger partial charge on any atom is 0.262 e. The second-order valence-corrected chi connectivity index (χ2v) is 6.78. The fourth-order valence-electron chi connectivity index (χ4n) is 1.79. The first-order valence-corrected chi connectivity index (χ1v) is 8.04. The second kappa shape index (κ2) is 5.31. The van der Waals surface area contributed by atoms with E-state index in [0.717, 1.165) is 12.1 Å². The summed E-state index contributed by atoms with van der Waals surface area (Å²) in [5.41, 5.74) is 0.864. The Kier molecular flexibility index (Phi) is 3.59. The SMILES string of the molecule is O=S(=O)(Nc1cccc2nonc12)c1cc(Cl)c(O)c(Cl)c1. The van der Waals surface area contributed by atoms with Crippen molar-refractivity contribution in [3.63, 3.8) is 0 Å². The average molecular weight is 360 g/mol. The Labute approximate surface area is 134 Å². The topological polar surface area (TPSA) is 105 Å². The fourth-order valence-corrected chi connectivity index (χ4v) is 3.52. The number of phenols is 1. The van der Waals surface area contributed by atoms with Crippen LogP contribution in [0.4, 0.5) is 5.69 Å². The highest BCUT2D eigenvalue weighted by Crippen LogP contribution is 2.35. The van der Waals surface area contributed by atoms with E-state index < -0.39 is 10.0 Å². The molecule has 22 heavy (non-hydrogen) atoms. The maximum absolute atomic E-state index is 12.4. The number of halogens is 2. The van der Waals surface area contributed by atoms with Gasteiger partial charge in [-0.15, -0.1) is 0 Å². The zero-order valence-electron chi connectivity index (χ0n) is 10.6. The van der Waals surface area contributed by atoms with Gasteiger partial charge in [0.2, 0.25) is 0 Å². The number of fused-ring (bicyclic) bond motifs is 1. The molecule has 1 heterocycles. The van der Waals surface area contributed by atoms with Crippen LogP contribution in [0.25, 0.3) is 11.0 Å². The summed E-state index contributed by atoms with van der Waals surface area (Å²) in [6.45, 7) is 0. The van der Waals surface area contributed by atoms with Gasteiger partial charge in [-0.05, 0) is 34.6 Å². The second-order valence-electron chi connectivity index (χ2n) is 4.28. The maximum atomic E-state index is 12.4. The molecule has 3 rings (SSSR count). The van der Waals surface area contributed by atoms with Crippen LogP contribution in [0.2, 0.25) is 10.0 Å². The van der Waals surface area contributed by atoms with Crippen LogP contribution in [0.5, 0.6) is 5.75 Å². The lowest BCUT2D eigenvalue weighted by Gasteiger charge is -2.09. The van der Waals surface area contributed by atoms with Crippen molar-refractivity contribution >= 4 is 49.9 Å². The summed E-state index contributed by atoms with van der Waals surface area (Å²) < 4.78 is 31.7. The van der Waals surface area contributed by atoms with Gasteiger partial charge >= 0.3 is 0 Å². The van der Waals surface area contributed by atoms with E-state index in [1.54, 1.807) is 12.1 Å². The molecular formula is C12H7Cl2N3O4S. The van der Waals surface area contributed by atoms with E-state index in [1.807, 2.05) is 0 Å². The minimum atomic E-state index is -3.98. The molecule has 10 heteroatoms. The Hall–Kier alpha value is -2.03. The van der Waals surface area contributed by atoms with Gasteiger partial charge in [-0.3, -0.25) is 4.72 Å². The van der Waals surface area contributed by atoms with Crippen molar-refractivity contribution in [1.29, 1.82) is 0 Å². The van der Waals surface area contributed by atoms with Crippen molar-refractivity contribution in [2.24, 2.45) is 0 Å². The fraction of sp³-hybridized carbons (Fsp3) is 0. The van der Waals surface area contributed by atoms with Crippen LogP contribution in [-0.4, -0.2) is 23.8 Å². The van der Waals surface area contributed by atoms with E-state index in [9.17, 15) is 13.5 Å². The third kappa shape index (κ3) is 2.56. The number of rotatable bonds is 3. The molecule has 114 valence electrons. The van der Waals surface area contributed by atoms with E-state index in [0.29, 0.717) is 5.52 Å². The molecule has 2 N–H and O–H groups in total. The van der Waals surface area contributed by atoms with Gasteiger partial charge in [0.25, 0.3) is 10.0 Å². The molecule has 1 aromatic heterocycles. The zero-order chi connectivity index (χ0) is 15.9. The summed E-state index contributed by atoms with van der Waals surface area (Å²) in [7, 11) is -3.98. The molecular weight excluding hydrogens is 353 g/mol. The first-order valence-electron chi connectivity index (χ1n) is 5.80. The molecule has 0 amide bonds. The van der Waals surface area contributed by atoms with Gasteiger partial charge in [-0.1, -0.05) is 29.3 Å². The number of hydrogen-bond donors (Lipinski definition) is 2. The molecule has 0 atom stereocenters. The number of benzene rings is 2. The predicted molar refractivity (Wildman–Crippen MR) is 80.7 cm³/mol. The van der Waals surface area contributed by atoms with Gasteiger partial charge in [0.15, 0.2) is 11.3 Å². The number of nitrogens with one attached hydrogen (secondary N) is 1. The molecule has 7 nitrogen and oxygen atoms in total. The van der Waals surface area contributed by atoms with Crippen molar-refractivity contribution in [1.82, 2.24) is 10.3 Å². The average Bonchev–Trinajstić information content (AvgIpc) is 2.93. The number of nitrogens with zero attached hydrogens (tertiary/aromatic N) is 2. The van der Waals surface area contributed by atoms with Crippen LogP contribution in [-0.2, 0) is 10.0 Å². The Bertz CT molecular complexity index is 948. The molecule has 0 bridgehead atoms. The number of anilines is 1. The molecule has 3 aromatic rings. The Morgan fingerprint density at radius 3 is 2.50 bits per heavy atom. The lowest BCUT2D eigenvalue weighted by Crippen LogP contribution is -2.13. The summed E-state index contributed by atoms with van der Waals surface area (Å²) in [4.78, 5) is -0.200. The van der Waals surface area contributed by atoms with Crippen LogP contribution in [0, 0.1) is 0 Å². The van der Waals surface area contributed by atoms with Gasteiger partial charge in [0, 0.05) is 0 Å². The van der Waals surface area contributed by atoms with Crippen LogP contribution >= 0.6 is 23.2 Å². The molecule has 0 aliphatic heterocycles. The van der Waals surface area contributed by atoms with Gasteiger partial charge < -0.3 is 5.11 Å². The smallest absolute Gasteiger partial charge is 0.262 e. The van der Waals surface area contributed by atoms with E-state index in [4.69, 9.17) is 23.2 Å². The molecule has 0 aliphatic rings. The molecule has 0 saturated carbocycles. The summed E-state index contributed by atoms with van der Waals surface area (Å²) in [6.07, 6.45) is 0. The highest BCUT2D eigenvalue weighted by atomic mass is 35.5. The van der Waals surface area contributed by atoms with Gasteiger partial charge in [0.05, 0.1) is 20.6 Å². The molecule has 0 spiro atoms. The van der Waals surface area contributed by atoms with Gasteiger partial charge in [-0.2, -0.15) is 0 Å². The van der Waals surface area contributed by atoms with Crippen molar-refractivity contribution in [2.75, 3.05) is 4.72 Å². The van der Waals surface area contributed by atoms with Gasteiger partial charge in [0.1, 0.15) is 5.52 Å². The molecule has 2 aromatic carbocycles. The van der Waals surface area contributed by atoms with Crippen LogP contribution in [0.15, 0.2) is 39.9 Å². The first kappa shape index (κ1) is 14.9. The number of phenolic OH excluding ortho intramolecular Hbond substituents is 1. The molecule has 0 fully saturated rings. The monoisotopic (exact) mass is 359 g/mol. The number of hydrogen-bond acceptors (Lipinski definition) is 6. The van der Waals surface area contributed by atoms with Crippen molar-refractivity contribution < 1.29 is 18.2 Å². The van der Waals surface area contributed by atoms with Crippen LogP contribution in [0.3, 0.4) is 0 Å². The Balaban J connectivity index is 2.06. The Morgan fingerprint density at radius 1 is 1.14 bits per heavy atom. The van der Waals surface area contributed by atoms with E-state index in [1.165, 1.54) is 6.07 Å². The van der Waals surface area contributed by atoms with Crippen molar-refractivity contribution in [2.45, 2.75) is 4.90 Å². The lowest BCUT2D eigenvalue weighted by molar-refractivity contribution is 0.315. The lowest BCUT2D eigenvalue weighted by atomic mass is 10.3. The van der Waals surface area contributed by atoms with Crippen molar-refractivity contribution in [3.8, 4) is 5.75 Å². The molecule has 0 radical (unpaired) electrons. The normalized spacial score (nSPS) is 11.7. The predicted octanol–water partition coefficient (Wildman–Crippen LogP) is 3.04. The summed E-state index contributed by atoms with van der Waals surface area (Å²) in [5.74, 6) is -0.384. The zero-order valence-corrected chi connectivity index (χ0v) is 12.9. The minimum absolute atomic E-state index is 0.172. The highest BCUT2D eigenvalue weighted by molar-refractivity contribution is 7.92. The van der Waals surface area contributed by atoms with E-state index in [2.05, 4.69) is 19.7 Å². The number of aromatic nitrogens is 2. The Morgan fingerprint density at radius 2 is 1.82 bits per heavy atom. The molecule has 0 aliphatic carbocycles. The first-order chi connectivity index (χ1) is 10.4. The minimum Gasteiger partial charge on any atom is -0.505 e. The molecule has 0 unspecified atom stereocenters. The third-order valence-corrected chi connectivity index (χ3v) is 4.75. The standard InChI is InChI=1S/C12H7Cl2N3O4S/c13-7-4-6(5-8(14)12(7)18)22(19,20)17-10-3-1-2-9-11(10)16-21-15-9/h1-5,17-18H. The largest absolute Gasteiger partial charge is 0.505 e. The third-order valence-electron chi connectivity index (χ3n) is 2.83.